The summed E-state index contributed by atoms with van der Waals surface area (Å²) in [6, 6.07) is 21.7. The first-order valence-corrected chi connectivity index (χ1v) is 12.4. The van der Waals surface area contributed by atoms with Gasteiger partial charge in [0.1, 0.15) is 6.61 Å². The first-order valence-electron chi connectivity index (χ1n) is 12.4. The summed E-state index contributed by atoms with van der Waals surface area (Å²) in [5, 5.41) is 0. The highest BCUT2D eigenvalue weighted by atomic mass is 19.4. The quantitative estimate of drug-likeness (QED) is 0.378. The Balaban J connectivity index is 1.22. The van der Waals surface area contributed by atoms with Gasteiger partial charge in [0.15, 0.2) is 0 Å². The van der Waals surface area contributed by atoms with Gasteiger partial charge in [-0.3, -0.25) is 4.90 Å². The monoisotopic (exact) mass is 489 g/mol. The molecule has 2 atom stereocenters. The molecule has 3 aromatic rings. The van der Waals surface area contributed by atoms with Gasteiger partial charge in [0, 0.05) is 12.0 Å². The number of ether oxygens (including phenoxy) is 1. The maximum atomic E-state index is 13.3. The minimum absolute atomic E-state index is 0.0119. The largest absolute Gasteiger partial charge is 0.448 e. The number of nitrogens with zero attached hydrogens (tertiary/aromatic N) is 1. The van der Waals surface area contributed by atoms with Crippen LogP contribution in [0.4, 0.5) is 18.0 Å². The zero-order valence-corrected chi connectivity index (χ0v) is 19.7. The Morgan fingerprint density at radius 3 is 2.28 bits per heavy atom. The van der Waals surface area contributed by atoms with Crippen LogP contribution in [0.5, 0.6) is 0 Å². The second kappa shape index (κ2) is 8.84. The van der Waals surface area contributed by atoms with Crippen molar-refractivity contribution in [1.29, 1.82) is 0 Å². The van der Waals surface area contributed by atoms with E-state index in [-0.39, 0.29) is 30.7 Å². The van der Waals surface area contributed by atoms with Gasteiger partial charge in [0.2, 0.25) is 0 Å². The van der Waals surface area contributed by atoms with Crippen molar-refractivity contribution >= 4 is 11.7 Å². The van der Waals surface area contributed by atoms with Crippen LogP contribution in [0.1, 0.15) is 53.9 Å². The van der Waals surface area contributed by atoms with Crippen molar-refractivity contribution in [2.45, 2.75) is 49.9 Å². The number of piperidine rings is 1. The number of carbonyl (C=O) groups is 1. The third kappa shape index (κ3) is 3.98. The van der Waals surface area contributed by atoms with E-state index in [9.17, 15) is 18.0 Å². The van der Waals surface area contributed by atoms with Crippen molar-refractivity contribution in [3.05, 3.63) is 101 Å². The van der Waals surface area contributed by atoms with Crippen LogP contribution in [0.3, 0.4) is 0 Å². The van der Waals surface area contributed by atoms with Crippen LogP contribution >= 0.6 is 0 Å². The molecule has 1 fully saturated rings. The number of hydrogen-bond donors (Lipinski definition) is 0. The second-order valence-corrected chi connectivity index (χ2v) is 9.84. The number of fused-ring (bicyclic) bond motifs is 5. The number of halogens is 3. The van der Waals surface area contributed by atoms with Gasteiger partial charge in [-0.15, -0.1) is 0 Å². The molecule has 0 spiro atoms. The molecule has 3 aliphatic rings. The first-order chi connectivity index (χ1) is 17.4. The standard InChI is InChI=1S/C30H26F3NO2/c31-30(32,33)21-8-5-7-19(15-21)20-16-22-9-6-10-23(17-20)34(22)29(35)36-18-28-26-13-3-1-11-24(26)25-12-2-4-14-27(25)28/h1-5,7-8,11-16,22-23,28H,6,9-10,17-18H2. The summed E-state index contributed by atoms with van der Waals surface area (Å²) >= 11 is 0. The summed E-state index contributed by atoms with van der Waals surface area (Å²) in [4.78, 5) is 15.2. The summed E-state index contributed by atoms with van der Waals surface area (Å²) in [5.74, 6) is -0.0119. The Morgan fingerprint density at radius 2 is 1.61 bits per heavy atom. The molecular weight excluding hydrogens is 463 g/mol. The fraction of sp³-hybridized carbons (Fsp3) is 0.300. The molecule has 0 aromatic heterocycles. The lowest BCUT2D eigenvalue weighted by Gasteiger charge is -2.44. The molecule has 2 aliphatic heterocycles. The third-order valence-corrected chi connectivity index (χ3v) is 7.74. The summed E-state index contributed by atoms with van der Waals surface area (Å²) < 4.78 is 45.7. The minimum Gasteiger partial charge on any atom is -0.448 e. The van der Waals surface area contributed by atoms with Crippen molar-refractivity contribution in [1.82, 2.24) is 4.90 Å². The van der Waals surface area contributed by atoms with Crippen molar-refractivity contribution in [3.8, 4) is 11.1 Å². The molecule has 2 heterocycles. The number of hydrogen-bond acceptors (Lipinski definition) is 2. The lowest BCUT2D eigenvalue weighted by molar-refractivity contribution is -0.137. The molecule has 3 aromatic carbocycles. The number of carbonyl (C=O) groups excluding carboxylic acids is 1. The highest BCUT2D eigenvalue weighted by molar-refractivity contribution is 5.79. The number of benzene rings is 3. The smallest absolute Gasteiger partial charge is 0.416 e. The van der Waals surface area contributed by atoms with E-state index in [4.69, 9.17) is 4.74 Å². The third-order valence-electron chi connectivity index (χ3n) is 7.74. The van der Waals surface area contributed by atoms with Gasteiger partial charge < -0.3 is 4.74 Å². The van der Waals surface area contributed by atoms with Crippen LogP contribution in [0.15, 0.2) is 78.9 Å². The molecule has 2 unspecified atom stereocenters. The van der Waals surface area contributed by atoms with Gasteiger partial charge >= 0.3 is 12.3 Å². The van der Waals surface area contributed by atoms with Crippen LogP contribution in [-0.4, -0.2) is 29.7 Å². The zero-order valence-electron chi connectivity index (χ0n) is 19.7. The van der Waals surface area contributed by atoms with E-state index in [0.717, 1.165) is 42.0 Å². The fourth-order valence-corrected chi connectivity index (χ4v) is 6.09. The molecule has 184 valence electrons. The SMILES string of the molecule is O=C(OCC1c2ccccc2-c2ccccc21)N1C2C=C(c3cccc(C(F)(F)F)c3)CC1CCC2. The van der Waals surface area contributed by atoms with Gasteiger partial charge in [0.25, 0.3) is 0 Å². The van der Waals surface area contributed by atoms with E-state index in [1.807, 2.05) is 35.2 Å². The summed E-state index contributed by atoms with van der Waals surface area (Å²) in [7, 11) is 0. The van der Waals surface area contributed by atoms with Crippen molar-refractivity contribution < 1.29 is 22.7 Å². The molecule has 0 radical (unpaired) electrons. The Labute approximate surface area is 208 Å². The van der Waals surface area contributed by atoms with E-state index < -0.39 is 11.7 Å². The Morgan fingerprint density at radius 1 is 0.917 bits per heavy atom. The maximum Gasteiger partial charge on any atom is 0.416 e. The van der Waals surface area contributed by atoms with Crippen LogP contribution in [0.25, 0.3) is 16.7 Å². The molecule has 3 nitrogen and oxygen atoms in total. The number of rotatable bonds is 3. The van der Waals surface area contributed by atoms with E-state index in [2.05, 4.69) is 24.3 Å². The lowest BCUT2D eigenvalue weighted by atomic mass is 9.83. The second-order valence-electron chi connectivity index (χ2n) is 9.84. The Kier molecular flexibility index (Phi) is 5.62. The van der Waals surface area contributed by atoms with Crippen molar-refractivity contribution in [2.24, 2.45) is 0 Å². The molecule has 0 N–H and O–H groups in total. The Hall–Kier alpha value is -3.54. The normalized spacial score (nSPS) is 21.0. The average molecular weight is 490 g/mol. The molecule has 2 bridgehead atoms. The highest BCUT2D eigenvalue weighted by Gasteiger charge is 2.39. The summed E-state index contributed by atoms with van der Waals surface area (Å²) in [6.07, 6.45) is 0.351. The van der Waals surface area contributed by atoms with Crippen LogP contribution in [-0.2, 0) is 10.9 Å². The van der Waals surface area contributed by atoms with Gasteiger partial charge in [-0.1, -0.05) is 66.7 Å². The van der Waals surface area contributed by atoms with Crippen LogP contribution in [0, 0.1) is 0 Å². The molecule has 36 heavy (non-hydrogen) atoms. The van der Waals surface area contributed by atoms with E-state index in [1.165, 1.54) is 23.3 Å². The van der Waals surface area contributed by atoms with Gasteiger partial charge in [-0.2, -0.15) is 13.2 Å². The minimum atomic E-state index is -4.38. The first kappa shape index (κ1) is 22.9. The molecule has 1 amide bonds. The maximum absolute atomic E-state index is 13.3. The average Bonchev–Trinajstić information content (AvgIpc) is 3.20. The molecule has 6 rings (SSSR count). The predicted octanol–water partition coefficient (Wildman–Crippen LogP) is 7.66. The van der Waals surface area contributed by atoms with Crippen LogP contribution < -0.4 is 0 Å². The van der Waals surface area contributed by atoms with Gasteiger partial charge in [-0.05, 0) is 71.2 Å². The van der Waals surface area contributed by atoms with Crippen LogP contribution in [0.2, 0.25) is 0 Å². The molecular formula is C30H26F3NO2. The summed E-state index contributed by atoms with van der Waals surface area (Å²) in [6.45, 7) is 0.257. The summed E-state index contributed by atoms with van der Waals surface area (Å²) in [5.41, 5.74) is 5.49. The molecule has 1 saturated heterocycles. The van der Waals surface area contributed by atoms with Gasteiger partial charge in [0.05, 0.1) is 11.6 Å². The lowest BCUT2D eigenvalue weighted by Crippen LogP contribution is -2.51. The number of alkyl halides is 3. The highest BCUT2D eigenvalue weighted by Crippen LogP contribution is 2.45. The van der Waals surface area contributed by atoms with Crippen molar-refractivity contribution in [3.63, 3.8) is 0 Å². The van der Waals surface area contributed by atoms with Crippen molar-refractivity contribution in [2.75, 3.05) is 6.61 Å². The molecule has 1 aliphatic carbocycles. The van der Waals surface area contributed by atoms with E-state index in [1.54, 1.807) is 6.07 Å². The zero-order chi connectivity index (χ0) is 24.9. The fourth-order valence-electron chi connectivity index (χ4n) is 6.09. The predicted molar refractivity (Wildman–Crippen MR) is 132 cm³/mol. The van der Waals surface area contributed by atoms with Gasteiger partial charge in [-0.25, -0.2) is 4.79 Å². The molecule has 0 saturated carbocycles. The topological polar surface area (TPSA) is 29.5 Å². The molecule has 6 heteroatoms. The Bertz CT molecular complexity index is 1300. The number of amides is 1. The van der Waals surface area contributed by atoms with E-state index in [0.29, 0.717) is 12.0 Å². The van der Waals surface area contributed by atoms with E-state index >= 15 is 0 Å².